The van der Waals surface area contributed by atoms with Gasteiger partial charge in [0.05, 0.1) is 28.6 Å². The fourth-order valence-electron chi connectivity index (χ4n) is 4.70. The molecule has 0 spiro atoms. The number of anilines is 1. The molecule has 1 aliphatic rings. The van der Waals surface area contributed by atoms with E-state index in [1.54, 1.807) is 11.3 Å². The van der Waals surface area contributed by atoms with Crippen molar-refractivity contribution in [3.8, 4) is 11.1 Å². The van der Waals surface area contributed by atoms with Crippen LogP contribution in [0.2, 0.25) is 0 Å². The van der Waals surface area contributed by atoms with Gasteiger partial charge in [-0.2, -0.15) is 5.10 Å². The van der Waals surface area contributed by atoms with Gasteiger partial charge in [0, 0.05) is 35.8 Å². The molecule has 1 aromatic carbocycles. The van der Waals surface area contributed by atoms with E-state index < -0.39 is 9.84 Å². The van der Waals surface area contributed by atoms with Gasteiger partial charge in [-0.05, 0) is 32.8 Å². The lowest BCUT2D eigenvalue weighted by Crippen LogP contribution is -2.20. The maximum absolute atomic E-state index is 12.0. The Hall–Kier alpha value is -2.78. The number of hydrogen-bond acceptors (Lipinski definition) is 7. The molecule has 3 aromatic heterocycles. The first-order chi connectivity index (χ1) is 15.7. The largest absolute Gasteiger partial charge is 0.355 e. The van der Waals surface area contributed by atoms with Gasteiger partial charge in [-0.25, -0.2) is 18.4 Å². The molecule has 1 aliphatic heterocycles. The van der Waals surface area contributed by atoms with E-state index >= 15 is 0 Å². The van der Waals surface area contributed by atoms with Crippen molar-refractivity contribution in [2.75, 3.05) is 23.5 Å². The van der Waals surface area contributed by atoms with Gasteiger partial charge in [0.25, 0.3) is 0 Å². The average Bonchev–Trinajstić information content (AvgIpc) is 3.44. The Labute approximate surface area is 198 Å². The molecule has 5 rings (SSSR count). The van der Waals surface area contributed by atoms with Gasteiger partial charge >= 0.3 is 0 Å². The van der Waals surface area contributed by atoms with E-state index in [1.165, 1.54) is 0 Å². The first kappa shape index (κ1) is 22.0. The minimum Gasteiger partial charge on any atom is -0.355 e. The molecule has 0 saturated carbocycles. The fourth-order valence-corrected chi connectivity index (χ4v) is 7.37. The van der Waals surface area contributed by atoms with Crippen LogP contribution in [0.3, 0.4) is 0 Å². The SMILES string of the molecule is Cc1nc(N(C)Cc2c(C)nn(C3CCS(=O)(=O)C3)c2C)c2c(-c3ccccc3)csc2n1. The predicted octanol–water partition coefficient (Wildman–Crippen LogP) is 4.48. The second-order valence-corrected chi connectivity index (χ2v) is 11.9. The molecule has 7 nitrogen and oxygen atoms in total. The predicted molar refractivity (Wildman–Crippen MR) is 134 cm³/mol. The van der Waals surface area contributed by atoms with Crippen LogP contribution in [0.1, 0.15) is 35.2 Å². The summed E-state index contributed by atoms with van der Waals surface area (Å²) in [6, 6.07) is 10.2. The van der Waals surface area contributed by atoms with E-state index in [2.05, 4.69) is 27.4 Å². The Morgan fingerprint density at radius 3 is 2.61 bits per heavy atom. The summed E-state index contributed by atoms with van der Waals surface area (Å²) in [6.45, 7) is 6.59. The lowest BCUT2D eigenvalue weighted by Gasteiger charge is -2.21. The highest BCUT2D eigenvalue weighted by Gasteiger charge is 2.31. The summed E-state index contributed by atoms with van der Waals surface area (Å²) >= 11 is 1.64. The number of rotatable bonds is 5. The third kappa shape index (κ3) is 4.04. The Morgan fingerprint density at radius 2 is 1.91 bits per heavy atom. The summed E-state index contributed by atoms with van der Waals surface area (Å²) in [5.41, 5.74) is 5.35. The zero-order valence-corrected chi connectivity index (χ0v) is 20.9. The maximum atomic E-state index is 12.0. The van der Waals surface area contributed by atoms with Crippen LogP contribution in [0.4, 0.5) is 5.82 Å². The molecule has 0 bridgehead atoms. The van der Waals surface area contributed by atoms with Gasteiger partial charge in [0.2, 0.25) is 0 Å². The number of aromatic nitrogens is 4. The van der Waals surface area contributed by atoms with Crippen LogP contribution in [-0.2, 0) is 16.4 Å². The Morgan fingerprint density at radius 1 is 1.15 bits per heavy atom. The van der Waals surface area contributed by atoms with Crippen molar-refractivity contribution in [1.29, 1.82) is 0 Å². The second-order valence-electron chi connectivity index (χ2n) is 8.80. The van der Waals surface area contributed by atoms with Gasteiger partial charge in [0.1, 0.15) is 16.5 Å². The molecule has 0 N–H and O–H groups in total. The quantitative estimate of drug-likeness (QED) is 0.418. The van der Waals surface area contributed by atoms with E-state index in [0.29, 0.717) is 13.0 Å². The molecular weight excluding hydrogens is 454 g/mol. The standard InChI is InChI=1S/C24H27N5O2S2/c1-15-20(16(2)29(27-15)19-10-11-33(30,31)14-19)12-28(4)23-22-21(18-8-6-5-7-9-18)13-32-24(22)26-17(3)25-23/h5-9,13,19H,10-12,14H2,1-4H3. The molecule has 0 aliphatic carbocycles. The number of benzene rings is 1. The van der Waals surface area contributed by atoms with Gasteiger partial charge in [-0.1, -0.05) is 30.3 Å². The fraction of sp³-hybridized carbons (Fsp3) is 0.375. The summed E-state index contributed by atoms with van der Waals surface area (Å²) < 4.78 is 25.9. The molecule has 4 heterocycles. The zero-order chi connectivity index (χ0) is 23.3. The average molecular weight is 482 g/mol. The number of fused-ring (bicyclic) bond motifs is 1. The number of hydrogen-bond donors (Lipinski definition) is 0. The normalized spacial score (nSPS) is 17.6. The molecule has 172 valence electrons. The summed E-state index contributed by atoms with van der Waals surface area (Å²) in [5.74, 6) is 2.05. The highest BCUT2D eigenvalue weighted by Crippen LogP contribution is 2.38. The molecule has 1 saturated heterocycles. The van der Waals surface area contributed by atoms with Gasteiger partial charge < -0.3 is 4.90 Å². The number of aryl methyl sites for hydroxylation is 2. The van der Waals surface area contributed by atoms with Crippen molar-refractivity contribution in [2.24, 2.45) is 0 Å². The van der Waals surface area contributed by atoms with E-state index in [4.69, 9.17) is 10.1 Å². The summed E-state index contributed by atoms with van der Waals surface area (Å²) in [5, 5.41) is 7.95. The zero-order valence-electron chi connectivity index (χ0n) is 19.2. The van der Waals surface area contributed by atoms with Crippen LogP contribution in [0.25, 0.3) is 21.3 Å². The molecule has 1 fully saturated rings. The molecule has 1 atom stereocenters. The summed E-state index contributed by atoms with van der Waals surface area (Å²) in [4.78, 5) is 12.6. The first-order valence-corrected chi connectivity index (χ1v) is 13.7. The van der Waals surface area contributed by atoms with Crippen LogP contribution in [0, 0.1) is 20.8 Å². The number of nitrogens with zero attached hydrogens (tertiary/aromatic N) is 5. The van der Waals surface area contributed by atoms with Crippen molar-refractivity contribution < 1.29 is 8.42 Å². The number of thiophene rings is 1. The van der Waals surface area contributed by atoms with Gasteiger partial charge in [-0.15, -0.1) is 11.3 Å². The molecular formula is C24H27N5O2S2. The molecule has 9 heteroatoms. The van der Waals surface area contributed by atoms with Gasteiger partial charge in [-0.3, -0.25) is 4.68 Å². The monoisotopic (exact) mass is 481 g/mol. The Bertz CT molecular complexity index is 1440. The third-order valence-corrected chi connectivity index (χ3v) is 9.02. The lowest BCUT2D eigenvalue weighted by atomic mass is 10.1. The third-order valence-electron chi connectivity index (χ3n) is 6.40. The van der Waals surface area contributed by atoms with Crippen molar-refractivity contribution >= 4 is 37.2 Å². The van der Waals surface area contributed by atoms with Crippen molar-refractivity contribution in [3.63, 3.8) is 0 Å². The van der Waals surface area contributed by atoms with E-state index in [0.717, 1.165) is 49.9 Å². The molecule has 4 aromatic rings. The second kappa shape index (κ2) is 8.22. The number of sulfone groups is 1. The van der Waals surface area contributed by atoms with Crippen LogP contribution < -0.4 is 4.90 Å². The van der Waals surface area contributed by atoms with Crippen LogP contribution >= 0.6 is 11.3 Å². The van der Waals surface area contributed by atoms with Gasteiger partial charge in [0.15, 0.2) is 9.84 Å². The topological polar surface area (TPSA) is 81.0 Å². The molecule has 1 unspecified atom stereocenters. The summed E-state index contributed by atoms with van der Waals surface area (Å²) in [6.07, 6.45) is 0.626. The minimum atomic E-state index is -2.97. The minimum absolute atomic E-state index is 0.0812. The van der Waals surface area contributed by atoms with Crippen LogP contribution in [0.15, 0.2) is 35.7 Å². The molecule has 0 radical (unpaired) electrons. The van der Waals surface area contributed by atoms with E-state index in [1.807, 2.05) is 50.7 Å². The van der Waals surface area contributed by atoms with E-state index in [9.17, 15) is 8.42 Å². The van der Waals surface area contributed by atoms with Crippen LogP contribution in [0.5, 0.6) is 0 Å². The Balaban J connectivity index is 1.53. The summed E-state index contributed by atoms with van der Waals surface area (Å²) in [7, 11) is -0.925. The lowest BCUT2D eigenvalue weighted by molar-refractivity contribution is 0.485. The van der Waals surface area contributed by atoms with Crippen LogP contribution in [-0.4, -0.2) is 46.7 Å². The Kier molecular flexibility index (Phi) is 5.49. The van der Waals surface area contributed by atoms with Crippen molar-refractivity contribution in [3.05, 3.63) is 58.5 Å². The molecule has 0 amide bonds. The maximum Gasteiger partial charge on any atom is 0.152 e. The molecule has 33 heavy (non-hydrogen) atoms. The smallest absolute Gasteiger partial charge is 0.152 e. The highest BCUT2D eigenvalue weighted by atomic mass is 32.2. The first-order valence-electron chi connectivity index (χ1n) is 11.0. The highest BCUT2D eigenvalue weighted by molar-refractivity contribution is 7.91. The van der Waals surface area contributed by atoms with E-state index in [-0.39, 0.29) is 17.5 Å². The van der Waals surface area contributed by atoms with Crippen molar-refractivity contribution in [1.82, 2.24) is 19.7 Å². The van der Waals surface area contributed by atoms with Crippen molar-refractivity contribution in [2.45, 2.75) is 39.8 Å².